The fourth-order valence-corrected chi connectivity index (χ4v) is 3.93. The third kappa shape index (κ3) is 2.87. The molecular formula is C21H20N4O2. The van der Waals surface area contributed by atoms with E-state index >= 15 is 0 Å². The van der Waals surface area contributed by atoms with E-state index in [0.717, 1.165) is 41.0 Å². The first-order valence-electron chi connectivity index (χ1n) is 9.33. The molecule has 0 unspecified atom stereocenters. The van der Waals surface area contributed by atoms with Crippen molar-refractivity contribution in [3.05, 3.63) is 64.7 Å². The van der Waals surface area contributed by atoms with Crippen molar-refractivity contribution in [2.75, 3.05) is 0 Å². The number of nitrogens with one attached hydrogen (secondary N) is 2. The number of aromatic amines is 1. The molecule has 3 aromatic rings. The number of amides is 1. The lowest BCUT2D eigenvalue weighted by Gasteiger charge is -2.20. The molecule has 0 saturated carbocycles. The summed E-state index contributed by atoms with van der Waals surface area (Å²) in [5.41, 5.74) is 7.22. The van der Waals surface area contributed by atoms with Crippen LogP contribution in [-0.4, -0.2) is 21.1 Å². The minimum Gasteiger partial charge on any atom is -0.488 e. The van der Waals surface area contributed by atoms with Crippen molar-refractivity contribution in [3.8, 4) is 16.9 Å². The van der Waals surface area contributed by atoms with Gasteiger partial charge in [-0.2, -0.15) is 5.10 Å². The van der Waals surface area contributed by atoms with Crippen LogP contribution in [0, 0.1) is 0 Å². The van der Waals surface area contributed by atoms with E-state index in [-0.39, 0.29) is 5.91 Å². The number of rotatable bonds is 3. The number of benzene rings is 1. The van der Waals surface area contributed by atoms with Gasteiger partial charge in [-0.15, -0.1) is 0 Å². The van der Waals surface area contributed by atoms with Gasteiger partial charge >= 0.3 is 0 Å². The SMILES string of the molecule is O=C(NCc1n[nH]c2c1CCCC2)c1ccc2c(c1)OCc1cnccc1-2. The molecular weight excluding hydrogens is 340 g/mol. The van der Waals surface area contributed by atoms with Crippen LogP contribution in [0.15, 0.2) is 36.7 Å². The Labute approximate surface area is 157 Å². The fourth-order valence-electron chi connectivity index (χ4n) is 3.93. The third-order valence-corrected chi connectivity index (χ3v) is 5.38. The molecule has 0 bridgehead atoms. The van der Waals surface area contributed by atoms with Crippen LogP contribution < -0.4 is 10.1 Å². The van der Waals surface area contributed by atoms with Gasteiger partial charge < -0.3 is 10.1 Å². The number of aromatic nitrogens is 3. The number of aryl methyl sites for hydroxylation is 1. The second-order valence-corrected chi connectivity index (χ2v) is 7.05. The van der Waals surface area contributed by atoms with Crippen LogP contribution >= 0.6 is 0 Å². The van der Waals surface area contributed by atoms with E-state index < -0.39 is 0 Å². The zero-order chi connectivity index (χ0) is 18.2. The van der Waals surface area contributed by atoms with Crippen LogP contribution in [0.25, 0.3) is 11.1 Å². The second kappa shape index (κ2) is 6.54. The van der Waals surface area contributed by atoms with E-state index in [1.165, 1.54) is 24.1 Å². The summed E-state index contributed by atoms with van der Waals surface area (Å²) in [5.74, 6) is 0.619. The second-order valence-electron chi connectivity index (χ2n) is 7.05. The van der Waals surface area contributed by atoms with Crippen molar-refractivity contribution < 1.29 is 9.53 Å². The van der Waals surface area contributed by atoms with Gasteiger partial charge in [-0.05, 0) is 61.1 Å². The van der Waals surface area contributed by atoms with E-state index in [4.69, 9.17) is 4.74 Å². The Kier molecular flexibility index (Phi) is 3.89. The van der Waals surface area contributed by atoms with Gasteiger partial charge in [-0.3, -0.25) is 14.9 Å². The minimum absolute atomic E-state index is 0.116. The summed E-state index contributed by atoms with van der Waals surface area (Å²) in [5, 5.41) is 10.5. The third-order valence-electron chi connectivity index (χ3n) is 5.38. The molecule has 27 heavy (non-hydrogen) atoms. The van der Waals surface area contributed by atoms with Crippen LogP contribution in [0.4, 0.5) is 0 Å². The van der Waals surface area contributed by atoms with E-state index in [9.17, 15) is 4.79 Å². The molecule has 5 rings (SSSR count). The standard InChI is InChI=1S/C21H20N4O2/c26-21(23-11-19-17-3-1-2-4-18(17)24-25-19)13-5-6-16-15-7-8-22-10-14(15)12-27-20(16)9-13/h5-10H,1-4,11-12H2,(H,23,26)(H,24,25). The molecule has 6 nitrogen and oxygen atoms in total. The number of pyridine rings is 1. The van der Waals surface area contributed by atoms with Crippen molar-refractivity contribution in [1.29, 1.82) is 0 Å². The van der Waals surface area contributed by atoms with E-state index in [2.05, 4.69) is 20.5 Å². The maximum atomic E-state index is 12.6. The molecule has 0 spiro atoms. The average molecular weight is 360 g/mol. The Morgan fingerprint density at radius 1 is 1.19 bits per heavy atom. The van der Waals surface area contributed by atoms with Crippen molar-refractivity contribution in [1.82, 2.24) is 20.5 Å². The van der Waals surface area contributed by atoms with Crippen LogP contribution in [0.5, 0.6) is 5.75 Å². The topological polar surface area (TPSA) is 79.9 Å². The highest BCUT2D eigenvalue weighted by Gasteiger charge is 2.20. The number of carbonyl (C=O) groups is 1. The quantitative estimate of drug-likeness (QED) is 0.752. The van der Waals surface area contributed by atoms with E-state index in [0.29, 0.717) is 18.7 Å². The number of hydrogen-bond donors (Lipinski definition) is 2. The average Bonchev–Trinajstić information content (AvgIpc) is 3.14. The van der Waals surface area contributed by atoms with Gasteiger partial charge in [-0.1, -0.05) is 0 Å². The summed E-state index contributed by atoms with van der Waals surface area (Å²) in [6.45, 7) is 0.914. The van der Waals surface area contributed by atoms with Gasteiger partial charge in [-0.25, -0.2) is 0 Å². The molecule has 136 valence electrons. The molecule has 1 aliphatic heterocycles. The first-order chi connectivity index (χ1) is 13.3. The number of nitrogens with zero attached hydrogens (tertiary/aromatic N) is 2. The Hall–Kier alpha value is -3.15. The molecule has 6 heteroatoms. The fraction of sp³-hybridized carbons (Fsp3) is 0.286. The van der Waals surface area contributed by atoms with Gasteiger partial charge in [0.15, 0.2) is 0 Å². The first kappa shape index (κ1) is 16.1. The van der Waals surface area contributed by atoms with Crippen molar-refractivity contribution >= 4 is 5.91 Å². The molecule has 0 atom stereocenters. The molecule has 1 aliphatic carbocycles. The molecule has 2 aromatic heterocycles. The molecule has 2 aliphatic rings. The minimum atomic E-state index is -0.116. The Morgan fingerprint density at radius 2 is 2.11 bits per heavy atom. The highest BCUT2D eigenvalue weighted by Crippen LogP contribution is 2.37. The first-order valence-corrected chi connectivity index (χ1v) is 9.33. The monoisotopic (exact) mass is 360 g/mol. The number of hydrogen-bond acceptors (Lipinski definition) is 4. The number of ether oxygens (including phenoxy) is 1. The van der Waals surface area contributed by atoms with Gasteiger partial charge in [0.2, 0.25) is 0 Å². The van der Waals surface area contributed by atoms with Crippen molar-refractivity contribution in [2.45, 2.75) is 38.8 Å². The number of carbonyl (C=O) groups excluding carboxylic acids is 1. The lowest BCUT2D eigenvalue weighted by molar-refractivity contribution is 0.0950. The van der Waals surface area contributed by atoms with Crippen LogP contribution in [0.3, 0.4) is 0 Å². The number of H-pyrrole nitrogens is 1. The molecule has 1 aromatic carbocycles. The van der Waals surface area contributed by atoms with Gasteiger partial charge in [0.1, 0.15) is 12.4 Å². The summed E-state index contributed by atoms with van der Waals surface area (Å²) in [6.07, 6.45) is 8.08. The Morgan fingerprint density at radius 3 is 3.07 bits per heavy atom. The van der Waals surface area contributed by atoms with Gasteiger partial charge in [0.05, 0.1) is 12.2 Å². The van der Waals surface area contributed by atoms with E-state index in [1.807, 2.05) is 30.5 Å². The number of fused-ring (bicyclic) bond motifs is 4. The normalized spacial score (nSPS) is 14.5. The van der Waals surface area contributed by atoms with Crippen LogP contribution in [0.2, 0.25) is 0 Å². The molecule has 1 amide bonds. The zero-order valence-corrected chi connectivity index (χ0v) is 14.9. The van der Waals surface area contributed by atoms with Crippen molar-refractivity contribution in [3.63, 3.8) is 0 Å². The Balaban J connectivity index is 1.34. The highest BCUT2D eigenvalue weighted by molar-refractivity contribution is 5.95. The maximum Gasteiger partial charge on any atom is 0.251 e. The lowest BCUT2D eigenvalue weighted by atomic mass is 9.96. The molecule has 2 N–H and O–H groups in total. The summed E-state index contributed by atoms with van der Waals surface area (Å²) in [7, 11) is 0. The largest absolute Gasteiger partial charge is 0.488 e. The summed E-state index contributed by atoms with van der Waals surface area (Å²) < 4.78 is 5.83. The smallest absolute Gasteiger partial charge is 0.251 e. The Bertz CT molecular complexity index is 1020. The summed E-state index contributed by atoms with van der Waals surface area (Å²) >= 11 is 0. The van der Waals surface area contributed by atoms with Gasteiger partial charge in [0.25, 0.3) is 5.91 Å². The predicted octanol–water partition coefficient (Wildman–Crippen LogP) is 3.17. The van der Waals surface area contributed by atoms with Crippen LogP contribution in [0.1, 0.15) is 45.7 Å². The van der Waals surface area contributed by atoms with Crippen molar-refractivity contribution in [2.24, 2.45) is 0 Å². The molecule has 3 heterocycles. The van der Waals surface area contributed by atoms with E-state index in [1.54, 1.807) is 6.20 Å². The molecule has 0 fully saturated rings. The lowest BCUT2D eigenvalue weighted by Crippen LogP contribution is -2.24. The molecule has 0 saturated heterocycles. The van der Waals surface area contributed by atoms with Crippen LogP contribution in [-0.2, 0) is 26.0 Å². The molecule has 0 radical (unpaired) electrons. The summed E-state index contributed by atoms with van der Waals surface area (Å²) in [6, 6.07) is 7.58. The summed E-state index contributed by atoms with van der Waals surface area (Å²) in [4.78, 5) is 16.8. The highest BCUT2D eigenvalue weighted by atomic mass is 16.5. The predicted molar refractivity (Wildman–Crippen MR) is 100 cm³/mol. The zero-order valence-electron chi connectivity index (χ0n) is 14.9. The maximum absolute atomic E-state index is 12.6. The van der Waals surface area contributed by atoms with Gasteiger partial charge in [0, 0.05) is 34.8 Å².